The van der Waals surface area contributed by atoms with Crippen LogP contribution in [0, 0.1) is 11.3 Å². The first-order valence-corrected chi connectivity index (χ1v) is 7.83. The highest BCUT2D eigenvalue weighted by atomic mass is 32.2. The second kappa shape index (κ2) is 7.69. The summed E-state index contributed by atoms with van der Waals surface area (Å²) in [7, 11) is -3.48. The number of ether oxygens (including phenoxy) is 1. The molecule has 0 aromatic rings. The van der Waals surface area contributed by atoms with E-state index in [1.54, 1.807) is 13.0 Å². The fourth-order valence-corrected chi connectivity index (χ4v) is 3.03. The average molecular weight is 275 g/mol. The average Bonchev–Trinajstić information content (AvgIpc) is 2.37. The number of nitriles is 1. The van der Waals surface area contributed by atoms with Crippen LogP contribution in [-0.2, 0) is 14.8 Å². The predicted octanol–water partition coefficient (Wildman–Crippen LogP) is -0.0697. The van der Waals surface area contributed by atoms with E-state index < -0.39 is 15.3 Å². The van der Waals surface area contributed by atoms with E-state index in [9.17, 15) is 8.42 Å². The quantitative estimate of drug-likeness (QED) is 0.658. The van der Waals surface area contributed by atoms with Crippen molar-refractivity contribution in [1.82, 2.24) is 9.62 Å². The number of nitrogens with one attached hydrogen (secondary N) is 1. The molecule has 0 spiro atoms. The van der Waals surface area contributed by atoms with Crippen molar-refractivity contribution in [3.8, 4) is 6.07 Å². The van der Waals surface area contributed by atoms with Crippen LogP contribution >= 0.6 is 0 Å². The molecule has 1 saturated heterocycles. The molecule has 0 aromatic heterocycles. The van der Waals surface area contributed by atoms with Gasteiger partial charge in [-0.3, -0.25) is 4.90 Å². The number of rotatable bonds is 7. The van der Waals surface area contributed by atoms with Crippen molar-refractivity contribution < 1.29 is 13.2 Å². The predicted molar refractivity (Wildman–Crippen MR) is 68.5 cm³/mol. The number of hydrogen-bond acceptors (Lipinski definition) is 5. The summed E-state index contributed by atoms with van der Waals surface area (Å²) in [5.74, 6) is 0. The normalized spacial score (nSPS) is 19.3. The molecule has 1 unspecified atom stereocenters. The van der Waals surface area contributed by atoms with Crippen molar-refractivity contribution in [2.75, 3.05) is 39.4 Å². The van der Waals surface area contributed by atoms with E-state index in [-0.39, 0.29) is 0 Å². The molecule has 18 heavy (non-hydrogen) atoms. The highest BCUT2D eigenvalue weighted by Gasteiger charge is 2.22. The number of nitrogens with zero attached hydrogens (tertiary/aromatic N) is 2. The second-order valence-electron chi connectivity index (χ2n) is 4.27. The number of sulfonamides is 1. The Morgan fingerprint density at radius 1 is 1.44 bits per heavy atom. The Morgan fingerprint density at radius 2 is 2.11 bits per heavy atom. The zero-order valence-electron chi connectivity index (χ0n) is 10.8. The van der Waals surface area contributed by atoms with Crippen molar-refractivity contribution in [3.63, 3.8) is 0 Å². The van der Waals surface area contributed by atoms with E-state index in [1.165, 1.54) is 0 Å². The summed E-state index contributed by atoms with van der Waals surface area (Å²) < 4.78 is 31.1. The van der Waals surface area contributed by atoms with Crippen LogP contribution in [0.4, 0.5) is 0 Å². The Morgan fingerprint density at radius 3 is 2.67 bits per heavy atom. The minimum absolute atomic E-state index is 0.315. The molecule has 1 rings (SSSR count). The Bertz CT molecular complexity index is 371. The van der Waals surface area contributed by atoms with Crippen molar-refractivity contribution >= 4 is 10.0 Å². The summed E-state index contributed by atoms with van der Waals surface area (Å²) in [4.78, 5) is 2.25. The fraction of sp³-hybridized carbons (Fsp3) is 0.909. The van der Waals surface area contributed by atoms with Gasteiger partial charge in [0.25, 0.3) is 0 Å². The van der Waals surface area contributed by atoms with Crippen LogP contribution in [0.5, 0.6) is 0 Å². The van der Waals surface area contributed by atoms with Gasteiger partial charge in [-0.2, -0.15) is 5.26 Å². The van der Waals surface area contributed by atoms with Crippen molar-refractivity contribution in [2.24, 2.45) is 0 Å². The molecule has 0 aliphatic carbocycles. The van der Waals surface area contributed by atoms with Crippen LogP contribution in [0.25, 0.3) is 0 Å². The minimum Gasteiger partial charge on any atom is -0.379 e. The largest absolute Gasteiger partial charge is 0.379 e. The molecule has 104 valence electrons. The van der Waals surface area contributed by atoms with Gasteiger partial charge in [-0.25, -0.2) is 13.1 Å². The van der Waals surface area contributed by atoms with Crippen LogP contribution in [-0.4, -0.2) is 58.0 Å². The maximum absolute atomic E-state index is 11.7. The lowest BCUT2D eigenvalue weighted by Crippen LogP contribution is -2.39. The first kappa shape index (κ1) is 15.4. The molecule has 0 bridgehead atoms. The van der Waals surface area contributed by atoms with Crippen LogP contribution in [0.3, 0.4) is 0 Å². The second-order valence-corrected chi connectivity index (χ2v) is 6.22. The third kappa shape index (κ3) is 4.90. The molecule has 1 atom stereocenters. The van der Waals surface area contributed by atoms with Gasteiger partial charge in [0.05, 0.1) is 19.3 Å². The molecule has 1 heterocycles. The molecule has 1 aliphatic rings. The molecule has 7 heteroatoms. The summed E-state index contributed by atoms with van der Waals surface area (Å²) in [5, 5.41) is 7.79. The maximum Gasteiger partial charge on any atom is 0.227 e. The van der Waals surface area contributed by atoms with Gasteiger partial charge < -0.3 is 4.74 Å². The van der Waals surface area contributed by atoms with Gasteiger partial charge in [-0.15, -0.1) is 0 Å². The highest BCUT2D eigenvalue weighted by molar-refractivity contribution is 7.90. The smallest absolute Gasteiger partial charge is 0.227 e. The molecule has 6 nitrogen and oxygen atoms in total. The van der Waals surface area contributed by atoms with E-state index in [0.717, 1.165) is 39.3 Å². The molecule has 0 saturated carbocycles. The van der Waals surface area contributed by atoms with Gasteiger partial charge in [-0.1, -0.05) is 6.92 Å². The molecule has 0 radical (unpaired) electrons. The zero-order valence-corrected chi connectivity index (χ0v) is 11.6. The lowest BCUT2D eigenvalue weighted by atomic mass is 10.3. The Hall–Kier alpha value is -0.680. The van der Waals surface area contributed by atoms with Crippen molar-refractivity contribution in [1.29, 1.82) is 5.26 Å². The molecule has 1 aliphatic heterocycles. The van der Waals surface area contributed by atoms with Crippen molar-refractivity contribution in [3.05, 3.63) is 0 Å². The monoisotopic (exact) mass is 275 g/mol. The molecule has 1 N–H and O–H groups in total. The Labute approximate surface area is 109 Å². The van der Waals surface area contributed by atoms with Gasteiger partial charge in [-0.05, 0) is 19.4 Å². The molecule has 0 aromatic carbocycles. The Balaban J connectivity index is 2.22. The molecule has 1 fully saturated rings. The number of morpholine rings is 1. The fourth-order valence-electron chi connectivity index (χ4n) is 1.82. The number of hydrogen-bond donors (Lipinski definition) is 1. The first-order chi connectivity index (χ1) is 8.60. The van der Waals surface area contributed by atoms with Gasteiger partial charge in [0.15, 0.2) is 5.25 Å². The summed E-state index contributed by atoms with van der Waals surface area (Å²) in [6, 6.07) is 1.80. The maximum atomic E-state index is 11.7. The Kier molecular flexibility index (Phi) is 6.57. The van der Waals surface area contributed by atoms with Crippen LogP contribution in [0.1, 0.15) is 19.8 Å². The van der Waals surface area contributed by atoms with E-state index in [2.05, 4.69) is 9.62 Å². The van der Waals surface area contributed by atoms with Gasteiger partial charge in [0, 0.05) is 19.6 Å². The minimum atomic E-state index is -3.48. The van der Waals surface area contributed by atoms with Crippen LogP contribution in [0.15, 0.2) is 0 Å². The van der Waals surface area contributed by atoms with Crippen LogP contribution in [0.2, 0.25) is 0 Å². The standard InChI is InChI=1S/C11H21N3O3S/c1-2-11(10-12)18(15,16)13-4-3-5-14-6-8-17-9-7-14/h11,13H,2-9H2,1H3. The van der Waals surface area contributed by atoms with Crippen LogP contribution < -0.4 is 4.72 Å². The summed E-state index contributed by atoms with van der Waals surface area (Å²) >= 11 is 0. The van der Waals surface area contributed by atoms with E-state index in [0.29, 0.717) is 13.0 Å². The van der Waals surface area contributed by atoms with Gasteiger partial charge in [0.2, 0.25) is 10.0 Å². The van der Waals surface area contributed by atoms with Gasteiger partial charge >= 0.3 is 0 Å². The first-order valence-electron chi connectivity index (χ1n) is 6.28. The summed E-state index contributed by atoms with van der Waals surface area (Å²) in [5.41, 5.74) is 0. The molecular weight excluding hydrogens is 254 g/mol. The topological polar surface area (TPSA) is 82.4 Å². The summed E-state index contributed by atoms with van der Waals surface area (Å²) in [6.45, 7) is 6.25. The molecule has 0 amide bonds. The molecular formula is C11H21N3O3S. The van der Waals surface area contributed by atoms with Gasteiger partial charge in [0.1, 0.15) is 0 Å². The van der Waals surface area contributed by atoms with E-state index in [1.807, 2.05) is 0 Å². The lowest BCUT2D eigenvalue weighted by Gasteiger charge is -2.26. The lowest BCUT2D eigenvalue weighted by molar-refractivity contribution is 0.0376. The van der Waals surface area contributed by atoms with E-state index >= 15 is 0 Å². The summed E-state index contributed by atoms with van der Waals surface area (Å²) in [6.07, 6.45) is 1.07. The SMILES string of the molecule is CCC(C#N)S(=O)(=O)NCCCN1CCOCC1. The van der Waals surface area contributed by atoms with E-state index in [4.69, 9.17) is 10.00 Å². The highest BCUT2D eigenvalue weighted by Crippen LogP contribution is 2.03. The third-order valence-corrected chi connectivity index (χ3v) is 4.74. The third-order valence-electron chi connectivity index (χ3n) is 2.95. The zero-order chi connectivity index (χ0) is 13.4. The van der Waals surface area contributed by atoms with Crippen molar-refractivity contribution in [2.45, 2.75) is 25.0 Å².